The van der Waals surface area contributed by atoms with E-state index in [1.54, 1.807) is 36.4 Å². The standard InChI is InChI=1S/C24H27NO7/c1-4-11-32-17-7-5-6-16(13-17)22(27)20-21(15-8-9-18(26)19(14-15)31-3)25(10-12-30-2)24(29)23(20)28/h5-9,13-14,21,26-27H,4,10-12H2,1-3H3/b22-20+. The van der Waals surface area contributed by atoms with Gasteiger partial charge in [-0.3, -0.25) is 9.59 Å². The number of phenols is 1. The van der Waals surface area contributed by atoms with Crippen LogP contribution in [0.15, 0.2) is 48.0 Å². The maximum Gasteiger partial charge on any atom is 0.295 e. The number of likely N-dealkylation sites (tertiary alicyclic amines) is 1. The smallest absolute Gasteiger partial charge is 0.295 e. The molecule has 8 nitrogen and oxygen atoms in total. The molecule has 1 unspecified atom stereocenters. The van der Waals surface area contributed by atoms with E-state index < -0.39 is 17.7 Å². The van der Waals surface area contributed by atoms with Crippen molar-refractivity contribution in [2.45, 2.75) is 19.4 Å². The molecule has 0 bridgehead atoms. The molecule has 1 aliphatic rings. The van der Waals surface area contributed by atoms with E-state index in [4.69, 9.17) is 14.2 Å². The minimum Gasteiger partial charge on any atom is -0.507 e. The fourth-order valence-corrected chi connectivity index (χ4v) is 3.62. The van der Waals surface area contributed by atoms with Crippen LogP contribution in [0, 0.1) is 0 Å². The van der Waals surface area contributed by atoms with E-state index >= 15 is 0 Å². The Morgan fingerprint density at radius 2 is 1.88 bits per heavy atom. The number of amides is 1. The average molecular weight is 441 g/mol. The summed E-state index contributed by atoms with van der Waals surface area (Å²) < 4.78 is 15.9. The minimum atomic E-state index is -0.875. The Bertz CT molecular complexity index is 1030. The van der Waals surface area contributed by atoms with Crippen molar-refractivity contribution in [1.29, 1.82) is 0 Å². The van der Waals surface area contributed by atoms with Crippen LogP contribution in [-0.4, -0.2) is 60.8 Å². The first-order chi connectivity index (χ1) is 15.4. The molecular weight excluding hydrogens is 414 g/mol. The number of hydrogen-bond donors (Lipinski definition) is 2. The molecule has 0 aromatic heterocycles. The van der Waals surface area contributed by atoms with Gasteiger partial charge in [0.2, 0.25) is 0 Å². The molecule has 2 aromatic carbocycles. The number of benzene rings is 2. The minimum absolute atomic E-state index is 0.0495. The Hall–Kier alpha value is -3.52. The third-order valence-corrected chi connectivity index (χ3v) is 5.18. The maximum atomic E-state index is 13.0. The lowest BCUT2D eigenvalue weighted by atomic mass is 9.95. The van der Waals surface area contributed by atoms with Gasteiger partial charge in [-0.2, -0.15) is 0 Å². The summed E-state index contributed by atoms with van der Waals surface area (Å²) in [6, 6.07) is 10.4. The summed E-state index contributed by atoms with van der Waals surface area (Å²) >= 11 is 0. The van der Waals surface area contributed by atoms with E-state index in [0.29, 0.717) is 23.5 Å². The topological polar surface area (TPSA) is 106 Å². The van der Waals surface area contributed by atoms with Gasteiger partial charge in [0, 0.05) is 19.2 Å². The quantitative estimate of drug-likeness (QED) is 0.350. The number of ether oxygens (including phenoxy) is 3. The largest absolute Gasteiger partial charge is 0.507 e. The van der Waals surface area contributed by atoms with Crippen LogP contribution in [-0.2, 0) is 14.3 Å². The van der Waals surface area contributed by atoms with Crippen molar-refractivity contribution < 1.29 is 34.0 Å². The zero-order valence-electron chi connectivity index (χ0n) is 18.3. The van der Waals surface area contributed by atoms with Gasteiger partial charge in [0.05, 0.1) is 31.9 Å². The molecule has 0 saturated carbocycles. The van der Waals surface area contributed by atoms with Crippen LogP contribution < -0.4 is 9.47 Å². The average Bonchev–Trinajstić information content (AvgIpc) is 3.06. The van der Waals surface area contributed by atoms with Crippen LogP contribution in [0.4, 0.5) is 0 Å². The molecule has 3 rings (SSSR count). The Morgan fingerprint density at radius 1 is 1.09 bits per heavy atom. The highest BCUT2D eigenvalue weighted by Crippen LogP contribution is 2.41. The molecule has 0 aliphatic carbocycles. The molecule has 170 valence electrons. The number of aromatic hydroxyl groups is 1. The molecule has 1 fully saturated rings. The number of hydrogen-bond acceptors (Lipinski definition) is 7. The molecule has 2 N–H and O–H groups in total. The Balaban J connectivity index is 2.14. The van der Waals surface area contributed by atoms with Crippen molar-refractivity contribution in [1.82, 2.24) is 4.90 Å². The SMILES string of the molecule is CCCOc1cccc(/C(O)=C2\C(=O)C(=O)N(CCOC)C2c2ccc(O)c(OC)c2)c1. The molecule has 0 radical (unpaired) electrons. The predicted octanol–water partition coefficient (Wildman–Crippen LogP) is 3.26. The summed E-state index contributed by atoms with van der Waals surface area (Å²) in [5.41, 5.74) is 0.820. The summed E-state index contributed by atoms with van der Waals surface area (Å²) in [6.45, 7) is 2.85. The molecule has 1 saturated heterocycles. The van der Waals surface area contributed by atoms with Gasteiger partial charge in [-0.1, -0.05) is 25.1 Å². The lowest BCUT2D eigenvalue weighted by molar-refractivity contribution is -0.140. The van der Waals surface area contributed by atoms with Gasteiger partial charge >= 0.3 is 0 Å². The summed E-state index contributed by atoms with van der Waals surface area (Å²) in [4.78, 5) is 27.2. The number of carbonyl (C=O) groups is 2. The number of nitrogens with zero attached hydrogens (tertiary/aromatic N) is 1. The first-order valence-corrected chi connectivity index (χ1v) is 10.3. The highest BCUT2D eigenvalue weighted by atomic mass is 16.5. The van der Waals surface area contributed by atoms with Crippen molar-refractivity contribution in [3.63, 3.8) is 0 Å². The highest BCUT2D eigenvalue weighted by molar-refractivity contribution is 6.46. The van der Waals surface area contributed by atoms with Crippen molar-refractivity contribution in [3.05, 3.63) is 59.2 Å². The van der Waals surface area contributed by atoms with Crippen molar-refractivity contribution in [2.75, 3.05) is 34.0 Å². The number of carbonyl (C=O) groups excluding carboxylic acids is 2. The van der Waals surface area contributed by atoms with Crippen molar-refractivity contribution >= 4 is 17.4 Å². The summed E-state index contributed by atoms with van der Waals surface area (Å²) in [7, 11) is 2.90. The number of aliphatic hydroxyl groups excluding tert-OH is 1. The molecule has 8 heteroatoms. The Labute approximate surface area is 186 Å². The second-order valence-electron chi connectivity index (χ2n) is 7.29. The molecular formula is C24H27NO7. The van der Waals surface area contributed by atoms with Gasteiger partial charge in [0.1, 0.15) is 11.5 Å². The lowest BCUT2D eigenvalue weighted by Crippen LogP contribution is -2.32. The van der Waals surface area contributed by atoms with Crippen LogP contribution in [0.5, 0.6) is 17.2 Å². The first kappa shape index (κ1) is 23.1. The fraction of sp³-hybridized carbons (Fsp3) is 0.333. The summed E-state index contributed by atoms with van der Waals surface area (Å²) in [5, 5.41) is 21.1. The van der Waals surface area contributed by atoms with Gasteiger partial charge in [-0.05, 0) is 36.2 Å². The second-order valence-corrected chi connectivity index (χ2v) is 7.29. The van der Waals surface area contributed by atoms with Crippen LogP contribution >= 0.6 is 0 Å². The lowest BCUT2D eigenvalue weighted by Gasteiger charge is -2.25. The molecule has 1 atom stereocenters. The predicted molar refractivity (Wildman–Crippen MR) is 118 cm³/mol. The number of phenolic OH excluding ortho intramolecular Hbond substituents is 1. The number of aliphatic hydroxyl groups is 1. The third-order valence-electron chi connectivity index (χ3n) is 5.18. The fourth-order valence-electron chi connectivity index (χ4n) is 3.62. The van der Waals surface area contributed by atoms with E-state index in [-0.39, 0.29) is 36.0 Å². The molecule has 1 amide bonds. The van der Waals surface area contributed by atoms with Gasteiger partial charge < -0.3 is 29.3 Å². The van der Waals surface area contributed by atoms with Gasteiger partial charge in [-0.15, -0.1) is 0 Å². The van der Waals surface area contributed by atoms with Gasteiger partial charge in [0.25, 0.3) is 11.7 Å². The molecule has 32 heavy (non-hydrogen) atoms. The third kappa shape index (κ3) is 4.55. The first-order valence-electron chi connectivity index (χ1n) is 10.3. The Kier molecular flexibility index (Phi) is 7.37. The number of methoxy groups -OCH3 is 2. The number of rotatable bonds is 9. The molecule has 1 heterocycles. The van der Waals surface area contributed by atoms with Crippen LogP contribution in [0.1, 0.15) is 30.5 Å². The molecule has 1 aliphatic heterocycles. The van der Waals surface area contributed by atoms with Gasteiger partial charge in [-0.25, -0.2) is 0 Å². The van der Waals surface area contributed by atoms with Crippen LogP contribution in [0.3, 0.4) is 0 Å². The number of Topliss-reactive ketones (excluding diaryl/α,β-unsaturated/α-hetero) is 1. The number of ketones is 1. The summed E-state index contributed by atoms with van der Waals surface area (Å²) in [6.07, 6.45) is 0.823. The van der Waals surface area contributed by atoms with E-state index in [9.17, 15) is 19.8 Å². The maximum absolute atomic E-state index is 13.0. The Morgan fingerprint density at radius 3 is 2.56 bits per heavy atom. The zero-order valence-corrected chi connectivity index (χ0v) is 18.3. The van der Waals surface area contributed by atoms with E-state index in [1.807, 2.05) is 6.92 Å². The highest BCUT2D eigenvalue weighted by Gasteiger charge is 2.46. The van der Waals surface area contributed by atoms with E-state index in [1.165, 1.54) is 25.2 Å². The molecule has 0 spiro atoms. The zero-order chi connectivity index (χ0) is 23.3. The monoisotopic (exact) mass is 441 g/mol. The van der Waals surface area contributed by atoms with Crippen molar-refractivity contribution in [2.24, 2.45) is 0 Å². The van der Waals surface area contributed by atoms with Crippen molar-refractivity contribution in [3.8, 4) is 17.2 Å². The van der Waals surface area contributed by atoms with E-state index in [0.717, 1.165) is 6.42 Å². The van der Waals surface area contributed by atoms with Gasteiger partial charge in [0.15, 0.2) is 11.5 Å². The van der Waals surface area contributed by atoms with Crippen LogP contribution in [0.2, 0.25) is 0 Å². The van der Waals surface area contributed by atoms with E-state index in [2.05, 4.69) is 0 Å². The molecule has 2 aromatic rings. The normalized spacial score (nSPS) is 17.6. The van der Waals surface area contributed by atoms with Crippen LogP contribution in [0.25, 0.3) is 5.76 Å². The second kappa shape index (κ2) is 10.2. The summed E-state index contributed by atoms with van der Waals surface area (Å²) in [5.74, 6) is -1.18.